The van der Waals surface area contributed by atoms with Crippen molar-refractivity contribution in [2.75, 3.05) is 25.0 Å². The second-order valence-electron chi connectivity index (χ2n) is 7.76. The molecule has 1 aliphatic heterocycles. The van der Waals surface area contributed by atoms with Gasteiger partial charge in [0.05, 0.1) is 4.92 Å². The number of benzene rings is 1. The molecule has 8 heteroatoms. The second-order valence-corrected chi connectivity index (χ2v) is 7.76. The Morgan fingerprint density at radius 3 is 2.32 bits per heavy atom. The first-order valence-corrected chi connectivity index (χ1v) is 9.83. The molecule has 1 aliphatic rings. The van der Waals surface area contributed by atoms with Crippen molar-refractivity contribution in [1.29, 1.82) is 0 Å². The fourth-order valence-corrected chi connectivity index (χ4v) is 3.08. The third-order valence-electron chi connectivity index (χ3n) is 5.35. The van der Waals surface area contributed by atoms with Crippen LogP contribution in [0, 0.1) is 22.0 Å². The lowest BCUT2D eigenvalue weighted by Gasteiger charge is -2.32. The number of non-ortho nitro benzene ring substituents is 1. The lowest BCUT2D eigenvalue weighted by Crippen LogP contribution is -2.44. The first-order chi connectivity index (χ1) is 13.3. The molecule has 154 valence electrons. The van der Waals surface area contributed by atoms with Crippen LogP contribution >= 0.6 is 0 Å². The Kier molecular flexibility index (Phi) is 7.92. The van der Waals surface area contributed by atoms with Crippen molar-refractivity contribution < 1.29 is 14.5 Å². The van der Waals surface area contributed by atoms with Gasteiger partial charge in [0.25, 0.3) is 5.69 Å². The fourth-order valence-electron chi connectivity index (χ4n) is 3.08. The molecule has 1 aromatic rings. The summed E-state index contributed by atoms with van der Waals surface area (Å²) in [5.74, 6) is 0.473. The lowest BCUT2D eigenvalue weighted by atomic mass is 9.94. The zero-order valence-corrected chi connectivity index (χ0v) is 16.8. The van der Waals surface area contributed by atoms with Gasteiger partial charge in [0.2, 0.25) is 11.8 Å². The lowest BCUT2D eigenvalue weighted by molar-refractivity contribution is -0.384. The van der Waals surface area contributed by atoms with Crippen LogP contribution in [0.15, 0.2) is 24.3 Å². The molecular weight excluding hydrogens is 360 g/mol. The summed E-state index contributed by atoms with van der Waals surface area (Å²) >= 11 is 0. The molecule has 28 heavy (non-hydrogen) atoms. The van der Waals surface area contributed by atoms with E-state index in [1.807, 2.05) is 6.92 Å². The Morgan fingerprint density at radius 1 is 1.18 bits per heavy atom. The standard InChI is InChI=1S/C20H30N4O4/c1-14(2)15(3)21-20(26)16-8-11-23(12-9-16)13-10-19(25)22-17-4-6-18(7-5-17)24(27)28/h4-7,14-16H,8-13H2,1-3H3,(H,21,26)(H,22,25). The third kappa shape index (κ3) is 6.60. The zero-order valence-electron chi connectivity index (χ0n) is 16.8. The van der Waals surface area contributed by atoms with Gasteiger partial charge in [0.1, 0.15) is 0 Å². The molecule has 0 aliphatic carbocycles. The number of nitro groups is 1. The Labute approximate surface area is 165 Å². The summed E-state index contributed by atoms with van der Waals surface area (Å²) in [4.78, 5) is 36.8. The summed E-state index contributed by atoms with van der Waals surface area (Å²) in [6.45, 7) is 8.46. The number of amides is 2. The number of carbonyl (C=O) groups is 2. The maximum atomic E-state index is 12.3. The highest BCUT2D eigenvalue weighted by molar-refractivity contribution is 5.90. The summed E-state index contributed by atoms with van der Waals surface area (Å²) < 4.78 is 0. The number of hydrogen-bond acceptors (Lipinski definition) is 5. The molecule has 1 fully saturated rings. The van der Waals surface area contributed by atoms with Crippen molar-refractivity contribution in [3.05, 3.63) is 34.4 Å². The smallest absolute Gasteiger partial charge is 0.269 e. The van der Waals surface area contributed by atoms with E-state index in [1.54, 1.807) is 0 Å². The number of piperidine rings is 1. The quantitative estimate of drug-likeness (QED) is 0.525. The Bertz CT molecular complexity index is 682. The molecule has 1 atom stereocenters. The van der Waals surface area contributed by atoms with Gasteiger partial charge in [0, 0.05) is 42.7 Å². The highest BCUT2D eigenvalue weighted by atomic mass is 16.6. The number of carbonyl (C=O) groups excluding carboxylic acids is 2. The summed E-state index contributed by atoms with van der Waals surface area (Å²) in [5, 5.41) is 16.5. The van der Waals surface area contributed by atoms with Crippen LogP contribution in [-0.2, 0) is 9.59 Å². The van der Waals surface area contributed by atoms with Crippen LogP contribution in [0.1, 0.15) is 40.0 Å². The van der Waals surface area contributed by atoms with E-state index >= 15 is 0 Å². The van der Waals surface area contributed by atoms with E-state index in [0.29, 0.717) is 24.6 Å². The van der Waals surface area contributed by atoms with Gasteiger partial charge in [-0.15, -0.1) is 0 Å². The number of likely N-dealkylation sites (tertiary alicyclic amines) is 1. The van der Waals surface area contributed by atoms with Crippen molar-refractivity contribution in [3.8, 4) is 0 Å². The van der Waals surface area contributed by atoms with Crippen LogP contribution in [-0.4, -0.2) is 47.3 Å². The van der Waals surface area contributed by atoms with E-state index in [4.69, 9.17) is 0 Å². The molecule has 2 amide bonds. The molecule has 1 saturated heterocycles. The maximum absolute atomic E-state index is 12.3. The number of anilines is 1. The van der Waals surface area contributed by atoms with Gasteiger partial charge >= 0.3 is 0 Å². The van der Waals surface area contributed by atoms with Gasteiger partial charge in [-0.05, 0) is 50.9 Å². The largest absolute Gasteiger partial charge is 0.353 e. The molecule has 1 unspecified atom stereocenters. The fraction of sp³-hybridized carbons (Fsp3) is 0.600. The first-order valence-electron chi connectivity index (χ1n) is 9.83. The number of nitrogens with zero attached hydrogens (tertiary/aromatic N) is 2. The van der Waals surface area contributed by atoms with Gasteiger partial charge in [-0.2, -0.15) is 0 Å². The average Bonchev–Trinajstić information content (AvgIpc) is 2.67. The van der Waals surface area contributed by atoms with Crippen molar-refractivity contribution in [2.45, 2.75) is 46.1 Å². The number of rotatable bonds is 8. The van der Waals surface area contributed by atoms with Gasteiger partial charge in [-0.1, -0.05) is 13.8 Å². The van der Waals surface area contributed by atoms with Gasteiger partial charge in [-0.3, -0.25) is 19.7 Å². The number of hydrogen-bond donors (Lipinski definition) is 2. The van der Waals surface area contributed by atoms with E-state index in [-0.39, 0.29) is 29.5 Å². The van der Waals surface area contributed by atoms with E-state index in [0.717, 1.165) is 25.9 Å². The molecule has 2 N–H and O–H groups in total. The number of nitrogens with one attached hydrogen (secondary N) is 2. The van der Waals surface area contributed by atoms with Crippen LogP contribution in [0.4, 0.5) is 11.4 Å². The Balaban J connectivity index is 1.69. The summed E-state index contributed by atoms with van der Waals surface area (Å²) in [5.41, 5.74) is 0.540. The van der Waals surface area contributed by atoms with Crippen LogP contribution < -0.4 is 10.6 Å². The van der Waals surface area contributed by atoms with E-state index in [2.05, 4.69) is 29.4 Å². The predicted molar refractivity (Wildman–Crippen MR) is 108 cm³/mol. The second kappa shape index (κ2) is 10.2. The van der Waals surface area contributed by atoms with Crippen LogP contribution in [0.2, 0.25) is 0 Å². The van der Waals surface area contributed by atoms with Crippen molar-refractivity contribution in [2.24, 2.45) is 11.8 Å². The minimum absolute atomic E-state index is 0.00676. The summed E-state index contributed by atoms with van der Waals surface area (Å²) in [6, 6.07) is 5.96. The summed E-state index contributed by atoms with van der Waals surface area (Å²) in [6.07, 6.45) is 1.96. The average molecular weight is 390 g/mol. The van der Waals surface area contributed by atoms with Crippen molar-refractivity contribution >= 4 is 23.2 Å². The highest BCUT2D eigenvalue weighted by Gasteiger charge is 2.26. The maximum Gasteiger partial charge on any atom is 0.269 e. The van der Waals surface area contributed by atoms with E-state index in [9.17, 15) is 19.7 Å². The molecule has 1 heterocycles. The zero-order chi connectivity index (χ0) is 20.7. The molecular formula is C20H30N4O4. The van der Waals surface area contributed by atoms with Gasteiger partial charge < -0.3 is 15.5 Å². The SMILES string of the molecule is CC(C)C(C)NC(=O)C1CCN(CCC(=O)Nc2ccc([N+](=O)[O-])cc2)CC1. The highest BCUT2D eigenvalue weighted by Crippen LogP contribution is 2.19. The summed E-state index contributed by atoms with van der Waals surface area (Å²) in [7, 11) is 0. The molecule has 0 bridgehead atoms. The van der Waals surface area contributed by atoms with E-state index < -0.39 is 4.92 Å². The molecule has 0 aromatic heterocycles. The molecule has 2 rings (SSSR count). The third-order valence-corrected chi connectivity index (χ3v) is 5.35. The first kappa shape index (κ1) is 21.8. The minimum Gasteiger partial charge on any atom is -0.353 e. The molecule has 0 spiro atoms. The molecule has 0 radical (unpaired) electrons. The topological polar surface area (TPSA) is 105 Å². The molecule has 1 aromatic carbocycles. The van der Waals surface area contributed by atoms with Gasteiger partial charge in [-0.25, -0.2) is 0 Å². The molecule has 0 saturated carbocycles. The van der Waals surface area contributed by atoms with Gasteiger partial charge in [0.15, 0.2) is 0 Å². The Morgan fingerprint density at radius 2 is 1.79 bits per heavy atom. The monoisotopic (exact) mass is 390 g/mol. The normalized spacial score (nSPS) is 16.6. The van der Waals surface area contributed by atoms with Crippen LogP contribution in [0.5, 0.6) is 0 Å². The van der Waals surface area contributed by atoms with Crippen LogP contribution in [0.3, 0.4) is 0 Å². The van der Waals surface area contributed by atoms with Crippen molar-refractivity contribution in [1.82, 2.24) is 10.2 Å². The van der Waals surface area contributed by atoms with E-state index in [1.165, 1.54) is 24.3 Å². The van der Waals surface area contributed by atoms with Crippen molar-refractivity contribution in [3.63, 3.8) is 0 Å². The minimum atomic E-state index is -0.473. The Hall–Kier alpha value is -2.48. The predicted octanol–water partition coefficient (Wildman–Crippen LogP) is 2.80. The molecule has 8 nitrogen and oxygen atoms in total. The number of nitro benzene ring substituents is 1. The van der Waals surface area contributed by atoms with Crippen LogP contribution in [0.25, 0.3) is 0 Å².